The van der Waals surface area contributed by atoms with Crippen LogP contribution in [0.4, 0.5) is 29.2 Å². The monoisotopic (exact) mass is 721 g/mol. The first-order valence-electron chi connectivity index (χ1n) is 14.3. The molecule has 254 valence electrons. The predicted octanol–water partition coefficient (Wildman–Crippen LogP) is 5.78. The Bertz CT molecular complexity index is 2440. The van der Waals surface area contributed by atoms with Crippen LogP contribution in [0.25, 0.3) is 42.8 Å². The topological polar surface area (TPSA) is 300 Å². The van der Waals surface area contributed by atoms with Crippen molar-refractivity contribution in [1.29, 1.82) is 47.4 Å². The first kappa shape index (κ1) is 39.0. The Morgan fingerprint density at radius 2 is 0.796 bits per heavy atom. The minimum atomic E-state index is -2.87. The first-order valence-corrected chi connectivity index (χ1v) is 13.3. The SMILES string of the molecule is CC#N.N#CC(C#N)=C1C(F)=C(F)C(=C(C#N)C#N)C(F)C1F.[3H]C.[C-]#[N+]c1nc2c(nc1C#N)c1nc(C#N)c(C#N)nc1c1nc(C#N)c([N+]#[C-])nc12. The van der Waals surface area contributed by atoms with Crippen LogP contribution in [0.3, 0.4) is 0 Å². The van der Waals surface area contributed by atoms with Crippen LogP contribution in [0.15, 0.2) is 33.9 Å². The second kappa shape index (κ2) is 17.3. The van der Waals surface area contributed by atoms with E-state index in [1.807, 2.05) is 0 Å². The fraction of sp³-hybridized carbons (Fsp3) is 0.121. The van der Waals surface area contributed by atoms with E-state index in [1.54, 1.807) is 30.3 Å². The first-order chi connectivity index (χ1) is 26.4. The van der Waals surface area contributed by atoms with E-state index in [9.17, 15) is 38.6 Å². The number of aromatic nitrogens is 6. The highest BCUT2D eigenvalue weighted by Crippen LogP contribution is 2.41. The van der Waals surface area contributed by atoms with Gasteiger partial charge in [-0.25, -0.2) is 37.5 Å². The fourth-order valence-electron chi connectivity index (χ4n) is 4.30. The number of halogens is 4. The number of nitriles is 9. The van der Waals surface area contributed by atoms with E-state index in [0.717, 1.165) is 24.3 Å². The smallest absolute Gasteiger partial charge is 0.307 e. The summed E-state index contributed by atoms with van der Waals surface area (Å²) in [6.07, 6.45) is -5.73. The largest absolute Gasteiger partial charge is 0.358 e. The molecule has 17 nitrogen and oxygen atoms in total. The van der Waals surface area contributed by atoms with E-state index in [0.29, 0.717) is 0 Å². The van der Waals surface area contributed by atoms with Crippen molar-refractivity contribution in [3.8, 4) is 54.6 Å². The Kier molecular flexibility index (Phi) is 12.5. The summed E-state index contributed by atoms with van der Waals surface area (Å²) in [7, 11) is 1.25. The number of nitrogens with zero attached hydrogens (tertiary/aromatic N) is 17. The van der Waals surface area contributed by atoms with Gasteiger partial charge in [0, 0.05) is 8.29 Å². The van der Waals surface area contributed by atoms with E-state index < -0.39 is 46.3 Å². The number of benzene rings is 1. The Labute approximate surface area is 301 Å². The lowest BCUT2D eigenvalue weighted by Crippen LogP contribution is -2.29. The molecule has 5 rings (SSSR count). The molecule has 0 spiro atoms. The van der Waals surface area contributed by atoms with E-state index in [2.05, 4.69) is 39.6 Å². The van der Waals surface area contributed by atoms with Crippen molar-refractivity contribution in [3.05, 3.63) is 79.6 Å². The van der Waals surface area contributed by atoms with Crippen molar-refractivity contribution in [2.45, 2.75) is 26.7 Å². The van der Waals surface area contributed by atoms with Crippen LogP contribution in [0, 0.1) is 115 Å². The van der Waals surface area contributed by atoms with Crippen LogP contribution in [0.5, 0.6) is 0 Å². The third-order valence-corrected chi connectivity index (χ3v) is 6.42. The summed E-state index contributed by atoms with van der Waals surface area (Å²) in [5.74, 6) is -4.54. The highest BCUT2D eigenvalue weighted by atomic mass is 19.2. The van der Waals surface area contributed by atoms with Gasteiger partial charge in [-0.2, -0.15) is 47.4 Å². The number of alkyl halides is 2. The quantitative estimate of drug-likeness (QED) is 0.0898. The van der Waals surface area contributed by atoms with Crippen molar-refractivity contribution in [1.82, 2.24) is 29.9 Å². The number of hydrogen-bond acceptors (Lipinski definition) is 15. The predicted molar refractivity (Wildman–Crippen MR) is 171 cm³/mol. The zero-order valence-corrected chi connectivity index (χ0v) is 26.8. The van der Waals surface area contributed by atoms with Gasteiger partial charge in [-0.1, -0.05) is 20.5 Å². The van der Waals surface area contributed by atoms with E-state index in [-0.39, 0.29) is 67.5 Å². The normalized spacial score (nSPS) is 13.6. The molecule has 0 aliphatic heterocycles. The molecule has 3 aromatic heterocycles. The molecule has 4 aromatic rings. The maximum absolute atomic E-state index is 13.7. The Morgan fingerprint density at radius 3 is 1.02 bits per heavy atom. The summed E-state index contributed by atoms with van der Waals surface area (Å²) in [6, 6.07) is 13.3. The van der Waals surface area contributed by atoms with Gasteiger partial charge in [0.1, 0.15) is 81.8 Å². The summed E-state index contributed by atoms with van der Waals surface area (Å²) in [4.78, 5) is 31.1. The van der Waals surface area contributed by atoms with E-state index in [1.165, 1.54) is 14.3 Å². The van der Waals surface area contributed by atoms with Crippen LogP contribution in [-0.4, -0.2) is 42.2 Å². The molecule has 2 unspecified atom stereocenters. The van der Waals surface area contributed by atoms with Gasteiger partial charge >= 0.3 is 11.6 Å². The summed E-state index contributed by atoms with van der Waals surface area (Å²) in [6.45, 7) is 15.9. The molecule has 21 heteroatoms. The molecule has 1 aliphatic rings. The molecular weight excluding hydrogens is 710 g/mol. The van der Waals surface area contributed by atoms with Crippen LogP contribution in [0.2, 0.25) is 0 Å². The van der Waals surface area contributed by atoms with Crippen molar-refractivity contribution in [2.24, 2.45) is 0 Å². The second-order valence-electron chi connectivity index (χ2n) is 9.15. The molecular formula is C33H9F4N17. The number of rotatable bonds is 0. The Hall–Kier alpha value is -9.43. The van der Waals surface area contributed by atoms with Crippen LogP contribution in [0.1, 0.15) is 38.5 Å². The summed E-state index contributed by atoms with van der Waals surface area (Å²) in [5, 5.41) is 78.5. The number of hydrogen-bond donors (Lipinski definition) is 0. The van der Waals surface area contributed by atoms with Crippen molar-refractivity contribution < 1.29 is 18.9 Å². The van der Waals surface area contributed by atoms with Crippen molar-refractivity contribution >= 4 is 44.7 Å². The zero-order chi connectivity index (χ0) is 41.6. The standard InChI is InChI=1S/C18N12.C12H2F4N4.C2H3N.CH4/c1-23-17-9(5-21)27-13-11-12(26-8(4-20)7(3-19)25-11)14-16(15(13)29-17)30-18(24-2)10(6-22)28-14;13-9-7(5(1-17)2-18)10(14)12(16)8(11(9)15)6(3-19)4-20;1-2-3;/h;9,11H;1H3;1H4/i;;;1T. The molecule has 0 amide bonds. The summed E-state index contributed by atoms with van der Waals surface area (Å²) < 4.78 is 60.6. The molecule has 0 saturated heterocycles. The maximum Gasteiger partial charge on any atom is 0.307 e. The van der Waals surface area contributed by atoms with Gasteiger partial charge in [0.25, 0.3) is 0 Å². The summed E-state index contributed by atoms with van der Waals surface area (Å²) in [5.41, 5.74) is -6.16. The molecule has 1 aromatic carbocycles. The lowest BCUT2D eigenvalue weighted by molar-refractivity contribution is 0.210. The minimum absolute atomic E-state index is 0.00714. The van der Waals surface area contributed by atoms with Crippen molar-refractivity contribution in [3.63, 3.8) is 0 Å². The zero-order valence-electron chi connectivity index (χ0n) is 27.8. The molecule has 0 radical (unpaired) electrons. The average Bonchev–Trinajstić information content (AvgIpc) is 3.22. The molecule has 0 N–H and O–H groups in total. The van der Waals surface area contributed by atoms with Crippen molar-refractivity contribution in [2.75, 3.05) is 0 Å². The average molecular weight is 722 g/mol. The third kappa shape index (κ3) is 6.99. The molecule has 0 fully saturated rings. The van der Waals surface area contributed by atoms with Gasteiger partial charge in [0.2, 0.25) is 11.0 Å². The minimum Gasteiger partial charge on any atom is -0.358 e. The highest BCUT2D eigenvalue weighted by molar-refractivity contribution is 6.18. The van der Waals surface area contributed by atoms with Crippen LogP contribution in [-0.2, 0) is 0 Å². The van der Waals surface area contributed by atoms with Gasteiger partial charge in [0.05, 0.1) is 17.2 Å². The van der Waals surface area contributed by atoms with E-state index >= 15 is 0 Å². The lowest BCUT2D eigenvalue weighted by Gasteiger charge is -2.23. The molecule has 2 atom stereocenters. The Morgan fingerprint density at radius 1 is 0.556 bits per heavy atom. The van der Waals surface area contributed by atoms with Gasteiger partial charge in [-0.05, 0) is 0 Å². The van der Waals surface area contributed by atoms with Crippen LogP contribution < -0.4 is 0 Å². The number of allylic oxidation sites excluding steroid dienone is 6. The fourth-order valence-corrected chi connectivity index (χ4v) is 4.30. The maximum atomic E-state index is 13.7. The molecule has 1 aliphatic carbocycles. The molecule has 0 saturated carbocycles. The summed E-state index contributed by atoms with van der Waals surface area (Å²) >= 11 is 0. The van der Waals surface area contributed by atoms with Gasteiger partial charge in [0.15, 0.2) is 46.8 Å². The molecule has 54 heavy (non-hydrogen) atoms. The third-order valence-electron chi connectivity index (χ3n) is 6.42. The second-order valence-corrected chi connectivity index (χ2v) is 9.15. The number of fused-ring (bicyclic) bond motifs is 6. The lowest BCUT2D eigenvalue weighted by atomic mass is 9.87. The van der Waals surface area contributed by atoms with Gasteiger partial charge < -0.3 is 9.69 Å². The van der Waals surface area contributed by atoms with Gasteiger partial charge in [-0.3, -0.25) is 0 Å². The van der Waals surface area contributed by atoms with Gasteiger partial charge in [-0.15, -0.1) is 9.97 Å². The van der Waals surface area contributed by atoms with E-state index in [4.69, 9.17) is 40.8 Å². The molecule has 3 heterocycles. The molecule has 0 bridgehead atoms. The Balaban J connectivity index is 0.000000364. The van der Waals surface area contributed by atoms with Crippen LogP contribution >= 0.6 is 0 Å². The highest BCUT2D eigenvalue weighted by Gasteiger charge is 2.43.